The molecular formula is C19H30N2O4. The average molecular weight is 350 g/mol. The van der Waals surface area contributed by atoms with Crippen molar-refractivity contribution in [2.75, 3.05) is 20.2 Å². The fourth-order valence-corrected chi connectivity index (χ4v) is 2.69. The van der Waals surface area contributed by atoms with E-state index in [1.54, 1.807) is 23.2 Å². The van der Waals surface area contributed by atoms with Gasteiger partial charge in [-0.2, -0.15) is 0 Å². The molecule has 1 aliphatic heterocycles. The number of hydrogen-bond acceptors (Lipinski definition) is 5. The van der Waals surface area contributed by atoms with Gasteiger partial charge in [0.2, 0.25) is 0 Å². The van der Waals surface area contributed by atoms with Crippen LogP contribution in [0.15, 0.2) is 18.3 Å². The number of hydrogen-bond donors (Lipinski definition) is 0. The Labute approximate surface area is 150 Å². The standard InChI is InChI=1S/C17H24N2O4.C2H6/c1-17(2,3)23-16(21)19-10-7-12(8-11-19)14-13(15(20)22-4)6-5-9-18-14;1-2/h5-6,9,12H,7-8,10-11H2,1-4H3;1-2H3. The number of pyridine rings is 1. The van der Waals surface area contributed by atoms with Crippen LogP contribution in [0.1, 0.15) is 69.4 Å². The van der Waals surface area contributed by atoms with Gasteiger partial charge in [-0.1, -0.05) is 13.8 Å². The molecule has 0 atom stereocenters. The Kier molecular flexibility index (Phi) is 7.87. The quantitative estimate of drug-likeness (QED) is 0.754. The van der Waals surface area contributed by atoms with E-state index in [2.05, 4.69) is 4.98 Å². The maximum Gasteiger partial charge on any atom is 0.410 e. The normalized spacial score (nSPS) is 15.0. The number of piperidine rings is 1. The van der Waals surface area contributed by atoms with Crippen molar-refractivity contribution >= 4 is 12.1 Å². The van der Waals surface area contributed by atoms with Crippen molar-refractivity contribution in [2.45, 2.75) is 59.0 Å². The number of carbonyl (C=O) groups is 2. The number of likely N-dealkylation sites (tertiary alicyclic amines) is 1. The lowest BCUT2D eigenvalue weighted by molar-refractivity contribution is 0.0202. The molecule has 0 radical (unpaired) electrons. The van der Waals surface area contributed by atoms with Crippen molar-refractivity contribution in [3.63, 3.8) is 0 Å². The van der Waals surface area contributed by atoms with Gasteiger partial charge in [0.1, 0.15) is 5.60 Å². The second-order valence-electron chi connectivity index (χ2n) is 6.67. The predicted octanol–water partition coefficient (Wildman–Crippen LogP) is 4.01. The van der Waals surface area contributed by atoms with Crippen LogP contribution in [-0.2, 0) is 9.47 Å². The Morgan fingerprint density at radius 1 is 1.20 bits per heavy atom. The molecule has 1 saturated heterocycles. The van der Waals surface area contributed by atoms with Gasteiger partial charge in [-0.3, -0.25) is 4.98 Å². The summed E-state index contributed by atoms with van der Waals surface area (Å²) in [4.78, 5) is 30.0. The minimum atomic E-state index is -0.493. The largest absolute Gasteiger partial charge is 0.465 e. The number of nitrogens with zero attached hydrogens (tertiary/aromatic N) is 2. The number of ether oxygens (including phenoxy) is 2. The molecule has 1 aromatic heterocycles. The minimum absolute atomic E-state index is 0.143. The summed E-state index contributed by atoms with van der Waals surface area (Å²) in [5.74, 6) is -0.230. The zero-order valence-corrected chi connectivity index (χ0v) is 16.2. The first-order valence-corrected chi connectivity index (χ1v) is 8.83. The zero-order chi connectivity index (χ0) is 19.0. The van der Waals surface area contributed by atoms with E-state index < -0.39 is 5.60 Å². The highest BCUT2D eigenvalue weighted by molar-refractivity contribution is 5.90. The van der Waals surface area contributed by atoms with Crippen LogP contribution >= 0.6 is 0 Å². The molecule has 2 rings (SSSR count). The van der Waals surface area contributed by atoms with Crippen LogP contribution < -0.4 is 0 Å². The number of methoxy groups -OCH3 is 1. The third kappa shape index (κ3) is 6.03. The van der Waals surface area contributed by atoms with E-state index in [4.69, 9.17) is 9.47 Å². The van der Waals surface area contributed by atoms with Crippen LogP contribution in [0.2, 0.25) is 0 Å². The van der Waals surface area contributed by atoms with E-state index in [1.165, 1.54) is 7.11 Å². The highest BCUT2D eigenvalue weighted by Gasteiger charge is 2.30. The summed E-state index contributed by atoms with van der Waals surface area (Å²) in [5, 5.41) is 0. The highest BCUT2D eigenvalue weighted by Crippen LogP contribution is 2.29. The van der Waals surface area contributed by atoms with E-state index in [9.17, 15) is 9.59 Å². The molecule has 0 spiro atoms. The molecule has 0 saturated carbocycles. The Balaban J connectivity index is 0.00000151. The number of amides is 1. The Morgan fingerprint density at radius 3 is 2.32 bits per heavy atom. The van der Waals surface area contributed by atoms with Gasteiger partial charge in [0, 0.05) is 25.2 Å². The second-order valence-corrected chi connectivity index (χ2v) is 6.67. The first-order valence-electron chi connectivity index (χ1n) is 8.83. The third-order valence-electron chi connectivity index (χ3n) is 3.78. The van der Waals surface area contributed by atoms with E-state index >= 15 is 0 Å². The molecule has 0 N–H and O–H groups in total. The molecule has 6 nitrogen and oxygen atoms in total. The Bertz CT molecular complexity index is 573. The molecule has 0 unspecified atom stereocenters. The van der Waals surface area contributed by atoms with E-state index in [0.717, 1.165) is 18.5 Å². The van der Waals surface area contributed by atoms with Gasteiger partial charge in [0.15, 0.2) is 0 Å². The van der Waals surface area contributed by atoms with Crippen molar-refractivity contribution < 1.29 is 19.1 Å². The Hall–Kier alpha value is -2.11. The molecule has 6 heteroatoms. The smallest absolute Gasteiger partial charge is 0.410 e. The monoisotopic (exact) mass is 350 g/mol. The van der Waals surface area contributed by atoms with Gasteiger partial charge >= 0.3 is 12.1 Å². The summed E-state index contributed by atoms with van der Waals surface area (Å²) in [6.07, 6.45) is 2.90. The SMILES string of the molecule is CC.COC(=O)c1cccnc1C1CCN(C(=O)OC(C)(C)C)CC1. The lowest BCUT2D eigenvalue weighted by Gasteiger charge is -2.33. The number of carbonyl (C=O) groups excluding carboxylic acids is 2. The third-order valence-corrected chi connectivity index (χ3v) is 3.78. The molecule has 0 aromatic carbocycles. The van der Waals surface area contributed by atoms with Crippen LogP contribution in [0.3, 0.4) is 0 Å². The lowest BCUT2D eigenvalue weighted by Crippen LogP contribution is -2.41. The maximum atomic E-state index is 12.1. The van der Waals surface area contributed by atoms with Crippen LogP contribution in [0.5, 0.6) is 0 Å². The van der Waals surface area contributed by atoms with Crippen molar-refractivity contribution in [3.8, 4) is 0 Å². The van der Waals surface area contributed by atoms with E-state index in [1.807, 2.05) is 34.6 Å². The van der Waals surface area contributed by atoms with Gasteiger partial charge in [-0.15, -0.1) is 0 Å². The summed E-state index contributed by atoms with van der Waals surface area (Å²) < 4.78 is 10.2. The van der Waals surface area contributed by atoms with Gasteiger partial charge < -0.3 is 14.4 Å². The molecule has 1 amide bonds. The fraction of sp³-hybridized carbons (Fsp3) is 0.632. The van der Waals surface area contributed by atoms with Crippen LogP contribution in [0.4, 0.5) is 4.79 Å². The molecule has 0 aliphatic carbocycles. The average Bonchev–Trinajstić information content (AvgIpc) is 2.61. The minimum Gasteiger partial charge on any atom is -0.465 e. The molecule has 1 fully saturated rings. The van der Waals surface area contributed by atoms with Crippen molar-refractivity contribution in [3.05, 3.63) is 29.6 Å². The highest BCUT2D eigenvalue weighted by atomic mass is 16.6. The summed E-state index contributed by atoms with van der Waals surface area (Å²) in [7, 11) is 1.37. The van der Waals surface area contributed by atoms with Gasteiger partial charge in [0.25, 0.3) is 0 Å². The second kappa shape index (κ2) is 9.39. The summed E-state index contributed by atoms with van der Waals surface area (Å²) in [6, 6.07) is 3.46. The molecule has 1 aliphatic rings. The van der Waals surface area contributed by atoms with Crippen LogP contribution in [-0.4, -0.2) is 47.7 Å². The fourth-order valence-electron chi connectivity index (χ4n) is 2.69. The molecular weight excluding hydrogens is 320 g/mol. The van der Waals surface area contributed by atoms with Crippen LogP contribution in [0.25, 0.3) is 0 Å². The molecule has 2 heterocycles. The number of esters is 1. The molecule has 25 heavy (non-hydrogen) atoms. The van der Waals surface area contributed by atoms with Gasteiger partial charge in [-0.05, 0) is 45.7 Å². The van der Waals surface area contributed by atoms with Crippen molar-refractivity contribution in [2.24, 2.45) is 0 Å². The van der Waals surface area contributed by atoms with Gasteiger partial charge in [0.05, 0.1) is 18.4 Å². The van der Waals surface area contributed by atoms with Crippen LogP contribution in [0, 0.1) is 0 Å². The Morgan fingerprint density at radius 2 is 1.80 bits per heavy atom. The van der Waals surface area contributed by atoms with E-state index in [0.29, 0.717) is 18.7 Å². The summed E-state index contributed by atoms with van der Waals surface area (Å²) in [5.41, 5.74) is 0.765. The van der Waals surface area contributed by atoms with E-state index in [-0.39, 0.29) is 18.0 Å². The first kappa shape index (κ1) is 20.9. The molecule has 0 bridgehead atoms. The topological polar surface area (TPSA) is 68.7 Å². The van der Waals surface area contributed by atoms with Crippen molar-refractivity contribution in [1.29, 1.82) is 0 Å². The molecule has 140 valence electrons. The summed E-state index contributed by atoms with van der Waals surface area (Å²) >= 11 is 0. The molecule has 1 aromatic rings. The zero-order valence-electron chi connectivity index (χ0n) is 16.2. The summed E-state index contributed by atoms with van der Waals surface area (Å²) in [6.45, 7) is 10.8. The number of aromatic nitrogens is 1. The van der Waals surface area contributed by atoms with Crippen molar-refractivity contribution in [1.82, 2.24) is 9.88 Å². The maximum absolute atomic E-state index is 12.1. The predicted molar refractivity (Wildman–Crippen MR) is 96.7 cm³/mol. The lowest BCUT2D eigenvalue weighted by atomic mass is 9.90. The first-order chi connectivity index (χ1) is 11.8. The number of rotatable bonds is 2. The van der Waals surface area contributed by atoms with Gasteiger partial charge in [-0.25, -0.2) is 9.59 Å².